The summed E-state index contributed by atoms with van der Waals surface area (Å²) in [5.74, 6) is -3.06. The van der Waals surface area contributed by atoms with Gasteiger partial charge in [0.25, 0.3) is 5.91 Å². The Morgan fingerprint density at radius 3 is 2.18 bits per heavy atom. The second-order valence-corrected chi connectivity index (χ2v) is 7.75. The van der Waals surface area contributed by atoms with Crippen molar-refractivity contribution in [3.63, 3.8) is 0 Å². The molecule has 10 nitrogen and oxygen atoms in total. The molecule has 2 aromatic carbocycles. The van der Waals surface area contributed by atoms with Crippen LogP contribution in [0.4, 0.5) is 0 Å². The van der Waals surface area contributed by atoms with E-state index < -0.39 is 48.2 Å². The number of phenols is 1. The number of hydrogen-bond acceptors (Lipinski definition) is 7. The number of ketones is 1. The number of rotatable bonds is 12. The van der Waals surface area contributed by atoms with E-state index in [1.807, 2.05) is 6.07 Å². The molecular weight excluding hydrogens is 440 g/mol. The summed E-state index contributed by atoms with van der Waals surface area (Å²) >= 11 is 0. The Labute approximate surface area is 196 Å². The van der Waals surface area contributed by atoms with Gasteiger partial charge in [-0.05, 0) is 43.0 Å². The van der Waals surface area contributed by atoms with E-state index in [1.54, 1.807) is 36.4 Å². The summed E-state index contributed by atoms with van der Waals surface area (Å²) in [4.78, 5) is 59.9. The van der Waals surface area contributed by atoms with Crippen LogP contribution < -0.4 is 21.7 Å². The molecule has 3 amide bonds. The zero-order valence-corrected chi connectivity index (χ0v) is 18.7. The lowest BCUT2D eigenvalue weighted by atomic mass is 10.0. The number of carbonyl (C=O) groups excluding carboxylic acids is 5. The Bertz CT molecular complexity index is 1010. The van der Waals surface area contributed by atoms with Crippen LogP contribution in [0.25, 0.3) is 0 Å². The van der Waals surface area contributed by atoms with Crippen molar-refractivity contribution < 1.29 is 29.1 Å². The minimum absolute atomic E-state index is 0.0822. The van der Waals surface area contributed by atoms with Gasteiger partial charge < -0.3 is 31.6 Å². The number of phenolic OH excluding ortho intramolecular Hbond substituents is 1. The van der Waals surface area contributed by atoms with Crippen molar-refractivity contribution in [3.05, 3.63) is 65.7 Å². The summed E-state index contributed by atoms with van der Waals surface area (Å²) in [5, 5.41) is 16.4. The smallest absolute Gasteiger partial charge is 0.289 e. The number of nitrogens with two attached hydrogens (primary N) is 1. The molecule has 6 N–H and O–H groups in total. The number of Topliss-reactive ketones (excluding diaryl/α,β-unsaturated/α-hetero) is 1. The molecule has 0 aromatic heterocycles. The Morgan fingerprint density at radius 1 is 0.941 bits per heavy atom. The number of benzene rings is 2. The first kappa shape index (κ1) is 26.2. The second kappa shape index (κ2) is 12.9. The SMILES string of the molecule is C[C@H](NC(=O)CNC(=O)C(=O)[C@@H](N)Cc1ccccc1)C(=O)N[C@H](C=O)Cc1ccc(O)cc1. The predicted molar refractivity (Wildman–Crippen MR) is 124 cm³/mol. The Kier molecular flexibility index (Phi) is 9.90. The van der Waals surface area contributed by atoms with E-state index in [1.165, 1.54) is 19.1 Å². The third kappa shape index (κ3) is 8.47. The molecule has 0 saturated carbocycles. The fourth-order valence-corrected chi connectivity index (χ4v) is 3.06. The lowest BCUT2D eigenvalue weighted by Gasteiger charge is -2.18. The molecule has 34 heavy (non-hydrogen) atoms. The lowest BCUT2D eigenvalue weighted by Crippen LogP contribution is -2.52. The van der Waals surface area contributed by atoms with Gasteiger partial charge in [-0.3, -0.25) is 19.2 Å². The molecule has 180 valence electrons. The molecule has 0 fully saturated rings. The van der Waals surface area contributed by atoms with Crippen LogP contribution in [-0.4, -0.2) is 59.6 Å². The maximum atomic E-state index is 12.3. The lowest BCUT2D eigenvalue weighted by molar-refractivity contribution is -0.139. The van der Waals surface area contributed by atoms with E-state index in [9.17, 15) is 29.1 Å². The van der Waals surface area contributed by atoms with Crippen molar-refractivity contribution in [1.82, 2.24) is 16.0 Å². The number of carbonyl (C=O) groups is 5. The largest absolute Gasteiger partial charge is 0.508 e. The van der Waals surface area contributed by atoms with Crippen molar-refractivity contribution in [2.75, 3.05) is 6.54 Å². The van der Waals surface area contributed by atoms with Gasteiger partial charge in [0.15, 0.2) is 0 Å². The van der Waals surface area contributed by atoms with E-state index in [2.05, 4.69) is 16.0 Å². The Morgan fingerprint density at radius 2 is 1.56 bits per heavy atom. The van der Waals surface area contributed by atoms with Crippen molar-refractivity contribution in [2.45, 2.75) is 37.9 Å². The molecule has 0 radical (unpaired) electrons. The molecule has 2 rings (SSSR count). The molecule has 0 aliphatic carbocycles. The Hall–Kier alpha value is -4.05. The standard InChI is InChI=1S/C24H28N4O6/c1-15(23(33)28-18(14-29)11-17-7-9-19(30)10-8-17)27-21(31)13-26-24(34)22(32)20(25)12-16-5-3-2-4-6-16/h2-10,14-15,18,20,30H,11-13,25H2,1H3,(H,26,34)(H,27,31)(H,28,33)/t15-,18-,20-/m0/s1. The Balaban J connectivity index is 1.76. The minimum atomic E-state index is -1.05. The van der Waals surface area contributed by atoms with Crippen LogP contribution in [0, 0.1) is 0 Å². The normalized spacial score (nSPS) is 13.1. The second-order valence-electron chi connectivity index (χ2n) is 7.75. The summed E-state index contributed by atoms with van der Waals surface area (Å²) in [6.45, 7) is 0.892. The molecule has 0 saturated heterocycles. The van der Waals surface area contributed by atoms with Crippen LogP contribution in [-0.2, 0) is 36.8 Å². The molecule has 0 bridgehead atoms. The first-order valence-corrected chi connectivity index (χ1v) is 10.6. The average molecular weight is 469 g/mol. The van der Waals surface area contributed by atoms with Crippen molar-refractivity contribution >= 4 is 29.8 Å². The van der Waals surface area contributed by atoms with E-state index in [-0.39, 0.29) is 18.6 Å². The number of hydrogen-bond donors (Lipinski definition) is 5. The molecule has 2 aromatic rings. The third-order valence-electron chi connectivity index (χ3n) is 4.92. The molecule has 3 atom stereocenters. The number of amides is 3. The van der Waals surface area contributed by atoms with Gasteiger partial charge >= 0.3 is 0 Å². The summed E-state index contributed by atoms with van der Waals surface area (Å²) in [7, 11) is 0. The maximum Gasteiger partial charge on any atom is 0.289 e. The van der Waals surface area contributed by atoms with Crippen LogP contribution >= 0.6 is 0 Å². The fraction of sp³-hybridized carbons (Fsp3) is 0.292. The molecule has 0 aliphatic heterocycles. The number of aldehydes is 1. The topological polar surface area (TPSA) is 168 Å². The van der Waals surface area contributed by atoms with Gasteiger partial charge in [-0.1, -0.05) is 42.5 Å². The minimum Gasteiger partial charge on any atom is -0.508 e. The van der Waals surface area contributed by atoms with E-state index in [4.69, 9.17) is 5.73 Å². The van der Waals surface area contributed by atoms with Gasteiger partial charge in [-0.25, -0.2) is 0 Å². The van der Waals surface area contributed by atoms with Crippen LogP contribution in [0.3, 0.4) is 0 Å². The predicted octanol–water partition coefficient (Wildman–Crippen LogP) is -0.622. The number of aromatic hydroxyl groups is 1. The van der Waals surface area contributed by atoms with Crippen LogP contribution in [0.2, 0.25) is 0 Å². The zero-order chi connectivity index (χ0) is 25.1. The molecule has 0 aliphatic rings. The van der Waals surface area contributed by atoms with Gasteiger partial charge in [-0.15, -0.1) is 0 Å². The highest BCUT2D eigenvalue weighted by molar-refractivity contribution is 6.38. The van der Waals surface area contributed by atoms with Crippen LogP contribution in [0.15, 0.2) is 54.6 Å². The summed E-state index contributed by atoms with van der Waals surface area (Å²) in [6, 6.07) is 12.3. The summed E-state index contributed by atoms with van der Waals surface area (Å²) in [5.41, 5.74) is 7.32. The molecule has 0 spiro atoms. The highest BCUT2D eigenvalue weighted by atomic mass is 16.3. The van der Waals surface area contributed by atoms with E-state index in [0.29, 0.717) is 6.29 Å². The van der Waals surface area contributed by atoms with Crippen LogP contribution in [0.5, 0.6) is 5.75 Å². The first-order chi connectivity index (χ1) is 16.2. The van der Waals surface area contributed by atoms with E-state index >= 15 is 0 Å². The highest BCUT2D eigenvalue weighted by Gasteiger charge is 2.24. The third-order valence-corrected chi connectivity index (χ3v) is 4.92. The van der Waals surface area contributed by atoms with Crippen molar-refractivity contribution in [2.24, 2.45) is 5.73 Å². The average Bonchev–Trinajstić information content (AvgIpc) is 2.83. The highest BCUT2D eigenvalue weighted by Crippen LogP contribution is 2.11. The quantitative estimate of drug-likeness (QED) is 0.204. The van der Waals surface area contributed by atoms with E-state index in [0.717, 1.165) is 11.1 Å². The van der Waals surface area contributed by atoms with Gasteiger partial charge in [0, 0.05) is 0 Å². The molecular formula is C24H28N4O6. The monoisotopic (exact) mass is 468 g/mol. The van der Waals surface area contributed by atoms with Gasteiger partial charge in [0.05, 0.1) is 18.6 Å². The fourth-order valence-electron chi connectivity index (χ4n) is 3.06. The maximum absolute atomic E-state index is 12.3. The summed E-state index contributed by atoms with van der Waals surface area (Å²) in [6.07, 6.45) is 0.958. The molecule has 0 heterocycles. The number of nitrogens with one attached hydrogen (secondary N) is 3. The molecule has 0 unspecified atom stereocenters. The van der Waals surface area contributed by atoms with Gasteiger partial charge in [0.2, 0.25) is 17.6 Å². The first-order valence-electron chi connectivity index (χ1n) is 10.6. The molecule has 10 heteroatoms. The van der Waals surface area contributed by atoms with Crippen LogP contribution in [0.1, 0.15) is 18.1 Å². The zero-order valence-electron chi connectivity index (χ0n) is 18.7. The van der Waals surface area contributed by atoms with Gasteiger partial charge in [0.1, 0.15) is 18.1 Å². The van der Waals surface area contributed by atoms with Gasteiger partial charge in [-0.2, -0.15) is 0 Å². The summed E-state index contributed by atoms with van der Waals surface area (Å²) < 4.78 is 0. The van der Waals surface area contributed by atoms with Crippen molar-refractivity contribution in [3.8, 4) is 5.75 Å². The van der Waals surface area contributed by atoms with Crippen molar-refractivity contribution in [1.29, 1.82) is 0 Å².